The predicted octanol–water partition coefficient (Wildman–Crippen LogP) is 5.13. The number of rotatable bonds is 5. The molecule has 0 radical (unpaired) electrons. The number of nitrogens with zero attached hydrogens (tertiary/aromatic N) is 1. The van der Waals surface area contributed by atoms with Gasteiger partial charge in [0.2, 0.25) is 0 Å². The first-order chi connectivity index (χ1) is 12.8. The Bertz CT molecular complexity index is 948. The van der Waals surface area contributed by atoms with Crippen molar-refractivity contribution in [3.63, 3.8) is 0 Å². The predicted molar refractivity (Wildman–Crippen MR) is 95.3 cm³/mol. The van der Waals surface area contributed by atoms with E-state index in [9.17, 15) is 23.1 Å². The molecule has 0 amide bonds. The van der Waals surface area contributed by atoms with Crippen LogP contribution in [0.1, 0.15) is 26.5 Å². The van der Waals surface area contributed by atoms with Crippen molar-refractivity contribution < 1.29 is 27.8 Å². The average Bonchev–Trinajstić information content (AvgIpc) is 3.06. The fraction of sp³-hybridized carbons (Fsp3) is 0.158. The number of hydrogen-bond acceptors (Lipinski definition) is 4. The first-order valence-electron chi connectivity index (χ1n) is 7.81. The van der Waals surface area contributed by atoms with Gasteiger partial charge in [-0.25, -0.2) is 9.78 Å². The van der Waals surface area contributed by atoms with Crippen molar-refractivity contribution in [3.8, 4) is 16.3 Å². The van der Waals surface area contributed by atoms with Crippen LogP contribution in [0.25, 0.3) is 10.6 Å². The highest BCUT2D eigenvalue weighted by molar-refractivity contribution is 7.17. The molecule has 1 N–H and O–H groups in total. The molecule has 4 nitrogen and oxygen atoms in total. The largest absolute Gasteiger partial charge is 0.497 e. The maximum atomic E-state index is 12.7. The van der Waals surface area contributed by atoms with Crippen molar-refractivity contribution in [1.29, 1.82) is 0 Å². The summed E-state index contributed by atoms with van der Waals surface area (Å²) in [6, 6.07) is 11.6. The topological polar surface area (TPSA) is 59.4 Å². The molecule has 0 fully saturated rings. The van der Waals surface area contributed by atoms with Crippen molar-refractivity contribution in [2.24, 2.45) is 0 Å². The van der Waals surface area contributed by atoms with Gasteiger partial charge >= 0.3 is 12.1 Å². The number of aromatic carboxylic acids is 1. The first kappa shape index (κ1) is 18.9. The lowest BCUT2D eigenvalue weighted by Gasteiger charge is -2.06. The second kappa shape index (κ2) is 7.40. The molecule has 0 unspecified atom stereocenters. The Hall–Kier alpha value is -2.87. The van der Waals surface area contributed by atoms with Gasteiger partial charge < -0.3 is 9.84 Å². The molecule has 3 rings (SSSR count). The van der Waals surface area contributed by atoms with E-state index in [4.69, 9.17) is 4.74 Å². The van der Waals surface area contributed by atoms with Gasteiger partial charge in [0.25, 0.3) is 0 Å². The van der Waals surface area contributed by atoms with Crippen LogP contribution in [0.15, 0.2) is 48.5 Å². The van der Waals surface area contributed by atoms with Crippen LogP contribution >= 0.6 is 11.3 Å². The van der Waals surface area contributed by atoms with Crippen LogP contribution in [-0.2, 0) is 12.6 Å². The van der Waals surface area contributed by atoms with Crippen LogP contribution in [0, 0.1) is 0 Å². The van der Waals surface area contributed by atoms with Crippen molar-refractivity contribution in [2.75, 3.05) is 7.11 Å². The highest BCUT2D eigenvalue weighted by Crippen LogP contribution is 2.33. The first-order valence-corrected chi connectivity index (χ1v) is 8.63. The lowest BCUT2D eigenvalue weighted by molar-refractivity contribution is -0.137. The van der Waals surface area contributed by atoms with E-state index in [1.54, 1.807) is 19.2 Å². The molecule has 0 bridgehead atoms. The summed E-state index contributed by atoms with van der Waals surface area (Å²) in [5.41, 5.74) is 0.895. The molecule has 2 aromatic carbocycles. The van der Waals surface area contributed by atoms with E-state index in [0.29, 0.717) is 28.4 Å². The summed E-state index contributed by atoms with van der Waals surface area (Å²) in [5.74, 6) is -0.435. The molecule has 0 saturated heterocycles. The molecule has 27 heavy (non-hydrogen) atoms. The standard InChI is InChI=1S/C19H14F3NO3S/c1-26-14-8-2-11(3-9-14)10-15-16(18(24)25)27-17(23-15)12-4-6-13(7-5-12)19(20,21)22/h2-9H,10H2,1H3,(H,24,25). The minimum atomic E-state index is -4.42. The fourth-order valence-electron chi connectivity index (χ4n) is 2.50. The third-order valence-electron chi connectivity index (χ3n) is 3.88. The fourth-order valence-corrected chi connectivity index (χ4v) is 3.43. The maximum absolute atomic E-state index is 12.7. The number of ether oxygens (including phenoxy) is 1. The van der Waals surface area contributed by atoms with E-state index >= 15 is 0 Å². The SMILES string of the molecule is COc1ccc(Cc2nc(-c3ccc(C(F)(F)F)cc3)sc2C(=O)O)cc1. The summed E-state index contributed by atoms with van der Waals surface area (Å²) in [6.07, 6.45) is -4.13. The Kier molecular flexibility index (Phi) is 5.18. The number of alkyl halides is 3. The van der Waals surface area contributed by atoms with E-state index < -0.39 is 17.7 Å². The number of benzene rings is 2. The number of methoxy groups -OCH3 is 1. The average molecular weight is 393 g/mol. The molecule has 0 atom stereocenters. The molecule has 0 aliphatic rings. The summed E-state index contributed by atoms with van der Waals surface area (Å²) >= 11 is 0.944. The molecule has 3 aromatic rings. The van der Waals surface area contributed by atoms with Gasteiger partial charge in [-0.3, -0.25) is 0 Å². The normalized spacial score (nSPS) is 11.4. The Morgan fingerprint density at radius 1 is 1.11 bits per heavy atom. The lowest BCUT2D eigenvalue weighted by atomic mass is 10.1. The van der Waals surface area contributed by atoms with Crippen molar-refractivity contribution in [2.45, 2.75) is 12.6 Å². The van der Waals surface area contributed by atoms with Gasteiger partial charge in [0, 0.05) is 12.0 Å². The van der Waals surface area contributed by atoms with Crippen LogP contribution < -0.4 is 4.74 Å². The molecule has 1 aromatic heterocycles. The van der Waals surface area contributed by atoms with Gasteiger partial charge in [0.1, 0.15) is 15.6 Å². The van der Waals surface area contributed by atoms with E-state index in [0.717, 1.165) is 29.0 Å². The van der Waals surface area contributed by atoms with Crippen LogP contribution in [0.4, 0.5) is 13.2 Å². The molecule has 0 aliphatic carbocycles. The van der Waals surface area contributed by atoms with Crippen LogP contribution in [0.2, 0.25) is 0 Å². The minimum absolute atomic E-state index is 0.0701. The third kappa shape index (κ3) is 4.28. The second-order valence-electron chi connectivity index (χ2n) is 5.70. The molecular formula is C19H14F3NO3S. The van der Waals surface area contributed by atoms with Gasteiger partial charge in [0.05, 0.1) is 18.4 Å². The smallest absolute Gasteiger partial charge is 0.416 e. The van der Waals surface area contributed by atoms with E-state index in [1.807, 2.05) is 12.1 Å². The maximum Gasteiger partial charge on any atom is 0.416 e. The zero-order valence-corrected chi connectivity index (χ0v) is 14.9. The Morgan fingerprint density at radius 2 is 1.74 bits per heavy atom. The number of carbonyl (C=O) groups is 1. The number of hydrogen-bond donors (Lipinski definition) is 1. The number of thiazole rings is 1. The van der Waals surface area contributed by atoms with Gasteiger partial charge in [-0.15, -0.1) is 11.3 Å². The molecule has 8 heteroatoms. The van der Waals surface area contributed by atoms with Gasteiger partial charge in [0.15, 0.2) is 0 Å². The van der Waals surface area contributed by atoms with Gasteiger partial charge in [-0.2, -0.15) is 13.2 Å². The Labute approximate surface area is 156 Å². The van der Waals surface area contributed by atoms with Crippen molar-refractivity contribution >= 4 is 17.3 Å². The molecule has 140 valence electrons. The summed E-state index contributed by atoms with van der Waals surface area (Å²) in [7, 11) is 1.55. The number of carboxylic acids is 1. The quantitative estimate of drug-likeness (QED) is 0.653. The summed E-state index contributed by atoms with van der Waals surface area (Å²) < 4.78 is 43.2. The molecular weight excluding hydrogens is 379 g/mol. The van der Waals surface area contributed by atoms with Crippen molar-refractivity contribution in [1.82, 2.24) is 4.98 Å². The van der Waals surface area contributed by atoms with E-state index in [-0.39, 0.29) is 4.88 Å². The summed E-state index contributed by atoms with van der Waals surface area (Å²) in [6.45, 7) is 0. The van der Waals surface area contributed by atoms with Crippen molar-refractivity contribution in [3.05, 3.63) is 70.2 Å². The van der Waals surface area contributed by atoms with E-state index in [1.165, 1.54) is 12.1 Å². The van der Waals surface area contributed by atoms with Crippen LogP contribution in [0.5, 0.6) is 5.75 Å². The molecule has 0 saturated carbocycles. The minimum Gasteiger partial charge on any atom is -0.497 e. The molecule has 0 spiro atoms. The second-order valence-corrected chi connectivity index (χ2v) is 6.70. The lowest BCUT2D eigenvalue weighted by Crippen LogP contribution is -2.03. The van der Waals surface area contributed by atoms with E-state index in [2.05, 4.69) is 4.98 Å². The monoisotopic (exact) mass is 393 g/mol. The van der Waals surface area contributed by atoms with Gasteiger partial charge in [-0.1, -0.05) is 24.3 Å². The molecule has 0 aliphatic heterocycles. The summed E-state index contributed by atoms with van der Waals surface area (Å²) in [4.78, 5) is 16.0. The summed E-state index contributed by atoms with van der Waals surface area (Å²) in [5, 5.41) is 9.80. The zero-order chi connectivity index (χ0) is 19.6. The van der Waals surface area contributed by atoms with Crippen LogP contribution in [-0.4, -0.2) is 23.2 Å². The number of aromatic nitrogens is 1. The van der Waals surface area contributed by atoms with Gasteiger partial charge in [-0.05, 0) is 29.8 Å². The highest BCUT2D eigenvalue weighted by Gasteiger charge is 2.30. The highest BCUT2D eigenvalue weighted by atomic mass is 32.1. The molecule has 1 heterocycles. The Morgan fingerprint density at radius 3 is 2.26 bits per heavy atom. The number of halogens is 3. The third-order valence-corrected chi connectivity index (χ3v) is 5.02. The zero-order valence-electron chi connectivity index (χ0n) is 14.1. The van der Waals surface area contributed by atoms with Crippen LogP contribution in [0.3, 0.4) is 0 Å². The number of carboxylic acid groups (broad SMARTS) is 1. The Balaban J connectivity index is 1.91.